The molecular formula is C22H27N3O3. The molecule has 1 unspecified atom stereocenters. The zero-order valence-corrected chi connectivity index (χ0v) is 16.2. The number of rotatable bonds is 5. The Hall–Kier alpha value is -2.21. The topological polar surface area (TPSA) is 68.5 Å². The van der Waals surface area contributed by atoms with Crippen molar-refractivity contribution in [2.75, 3.05) is 19.7 Å². The van der Waals surface area contributed by atoms with Gasteiger partial charge in [0.2, 0.25) is 17.6 Å². The summed E-state index contributed by atoms with van der Waals surface area (Å²) in [6, 6.07) is 9.92. The standard InChI is InChI=1S/C22H27N3O3/c26-19(11-10-18-9-5-13-27-18)25-14-17-8-4-12-22(17,15-25)21-23-20(24-28-21)16-6-2-1-3-7-16/h1-3,6-7,17-18H,4-5,8-15H2/t17-,18?,22-/m1/s1. The highest BCUT2D eigenvalue weighted by atomic mass is 16.5. The molecule has 148 valence electrons. The molecule has 3 heterocycles. The molecule has 3 atom stereocenters. The first-order valence-corrected chi connectivity index (χ1v) is 10.5. The predicted octanol–water partition coefficient (Wildman–Crippen LogP) is 3.58. The lowest BCUT2D eigenvalue weighted by atomic mass is 9.80. The number of aromatic nitrogens is 2. The largest absolute Gasteiger partial charge is 0.378 e. The zero-order valence-electron chi connectivity index (χ0n) is 16.2. The van der Waals surface area contributed by atoms with Crippen LogP contribution in [0.2, 0.25) is 0 Å². The van der Waals surface area contributed by atoms with Gasteiger partial charge in [-0.15, -0.1) is 0 Å². The third-order valence-corrected chi connectivity index (χ3v) is 6.81. The number of fused-ring (bicyclic) bond motifs is 1. The molecule has 0 N–H and O–H groups in total. The Labute approximate surface area is 165 Å². The van der Waals surface area contributed by atoms with Crippen LogP contribution in [0.4, 0.5) is 0 Å². The lowest BCUT2D eigenvalue weighted by Crippen LogP contribution is -2.35. The summed E-state index contributed by atoms with van der Waals surface area (Å²) >= 11 is 0. The lowest BCUT2D eigenvalue weighted by molar-refractivity contribution is -0.131. The van der Waals surface area contributed by atoms with Crippen molar-refractivity contribution in [2.24, 2.45) is 5.92 Å². The van der Waals surface area contributed by atoms with E-state index in [1.54, 1.807) is 0 Å². The molecule has 0 radical (unpaired) electrons. The Morgan fingerprint density at radius 2 is 2.11 bits per heavy atom. The van der Waals surface area contributed by atoms with E-state index < -0.39 is 0 Å². The van der Waals surface area contributed by atoms with Gasteiger partial charge in [0.15, 0.2) is 0 Å². The van der Waals surface area contributed by atoms with Crippen molar-refractivity contribution in [3.63, 3.8) is 0 Å². The maximum atomic E-state index is 12.8. The van der Waals surface area contributed by atoms with Crippen LogP contribution in [0.5, 0.6) is 0 Å². The third kappa shape index (κ3) is 3.13. The van der Waals surface area contributed by atoms with E-state index in [0.29, 0.717) is 30.6 Å². The van der Waals surface area contributed by atoms with E-state index in [1.165, 1.54) is 0 Å². The van der Waals surface area contributed by atoms with Crippen LogP contribution in [0.25, 0.3) is 11.4 Å². The normalized spacial score (nSPS) is 29.4. The number of carbonyl (C=O) groups is 1. The summed E-state index contributed by atoms with van der Waals surface area (Å²) in [4.78, 5) is 19.6. The molecule has 1 aromatic heterocycles. The van der Waals surface area contributed by atoms with Crippen molar-refractivity contribution >= 4 is 5.91 Å². The molecule has 1 aliphatic carbocycles. The second-order valence-corrected chi connectivity index (χ2v) is 8.48. The Balaban J connectivity index is 1.31. The van der Waals surface area contributed by atoms with Gasteiger partial charge in [-0.2, -0.15) is 4.98 Å². The van der Waals surface area contributed by atoms with Gasteiger partial charge in [-0.1, -0.05) is 41.9 Å². The van der Waals surface area contributed by atoms with E-state index >= 15 is 0 Å². The average Bonchev–Trinajstić information content (AvgIpc) is 3.50. The van der Waals surface area contributed by atoms with E-state index in [1.807, 2.05) is 35.2 Å². The molecular weight excluding hydrogens is 354 g/mol. The van der Waals surface area contributed by atoms with Crippen molar-refractivity contribution in [3.05, 3.63) is 36.2 Å². The van der Waals surface area contributed by atoms with Gasteiger partial charge in [0.25, 0.3) is 0 Å². The second kappa shape index (κ2) is 7.32. The maximum absolute atomic E-state index is 12.8. The Kier molecular flexibility index (Phi) is 4.67. The van der Waals surface area contributed by atoms with Crippen LogP contribution < -0.4 is 0 Å². The quantitative estimate of drug-likeness (QED) is 0.792. The number of ether oxygens (including phenoxy) is 1. The molecule has 28 heavy (non-hydrogen) atoms. The van der Waals surface area contributed by atoms with Gasteiger partial charge >= 0.3 is 0 Å². The van der Waals surface area contributed by atoms with Crippen LogP contribution in [0.15, 0.2) is 34.9 Å². The summed E-state index contributed by atoms with van der Waals surface area (Å²) in [5, 5.41) is 4.24. The predicted molar refractivity (Wildman–Crippen MR) is 104 cm³/mol. The first-order chi connectivity index (χ1) is 13.7. The van der Waals surface area contributed by atoms with E-state index in [2.05, 4.69) is 5.16 Å². The highest BCUT2D eigenvalue weighted by Gasteiger charge is 2.55. The van der Waals surface area contributed by atoms with Gasteiger partial charge in [0.05, 0.1) is 11.5 Å². The molecule has 2 aromatic rings. The molecule has 1 saturated carbocycles. The Bertz CT molecular complexity index is 831. The number of amides is 1. The minimum Gasteiger partial charge on any atom is -0.378 e. The van der Waals surface area contributed by atoms with Crippen LogP contribution in [-0.2, 0) is 14.9 Å². The van der Waals surface area contributed by atoms with Crippen LogP contribution in [-0.4, -0.2) is 46.7 Å². The number of benzene rings is 1. The van der Waals surface area contributed by atoms with E-state index in [9.17, 15) is 4.79 Å². The van der Waals surface area contributed by atoms with Gasteiger partial charge in [0.1, 0.15) is 0 Å². The Morgan fingerprint density at radius 3 is 2.93 bits per heavy atom. The van der Waals surface area contributed by atoms with Gasteiger partial charge in [0, 0.05) is 31.7 Å². The fourth-order valence-electron chi connectivity index (χ4n) is 5.27. The van der Waals surface area contributed by atoms with Gasteiger partial charge in [-0.25, -0.2) is 0 Å². The average molecular weight is 381 g/mol. The summed E-state index contributed by atoms with van der Waals surface area (Å²) < 4.78 is 11.4. The summed E-state index contributed by atoms with van der Waals surface area (Å²) in [5.74, 6) is 2.01. The minimum atomic E-state index is -0.167. The van der Waals surface area contributed by atoms with Crippen molar-refractivity contribution in [1.82, 2.24) is 15.0 Å². The van der Waals surface area contributed by atoms with Gasteiger partial charge in [-0.3, -0.25) is 4.79 Å². The molecule has 6 heteroatoms. The number of hydrogen-bond donors (Lipinski definition) is 0. The molecule has 3 fully saturated rings. The van der Waals surface area contributed by atoms with Crippen LogP contribution in [0.3, 0.4) is 0 Å². The van der Waals surface area contributed by atoms with Gasteiger partial charge in [-0.05, 0) is 38.0 Å². The first-order valence-electron chi connectivity index (χ1n) is 10.5. The monoisotopic (exact) mass is 381 g/mol. The molecule has 2 saturated heterocycles. The molecule has 0 spiro atoms. The molecule has 1 aromatic carbocycles. The van der Waals surface area contributed by atoms with Crippen LogP contribution in [0, 0.1) is 5.92 Å². The molecule has 1 amide bonds. The maximum Gasteiger partial charge on any atom is 0.235 e. The highest BCUT2D eigenvalue weighted by Crippen LogP contribution is 2.50. The summed E-state index contributed by atoms with van der Waals surface area (Å²) in [5.41, 5.74) is 0.797. The van der Waals surface area contributed by atoms with Crippen molar-refractivity contribution in [1.29, 1.82) is 0 Å². The molecule has 5 rings (SSSR count). The summed E-state index contributed by atoms with van der Waals surface area (Å²) in [6.45, 7) is 2.36. The summed E-state index contributed by atoms with van der Waals surface area (Å²) in [7, 11) is 0. The zero-order chi connectivity index (χ0) is 19.0. The number of hydrogen-bond acceptors (Lipinski definition) is 5. The highest BCUT2D eigenvalue weighted by molar-refractivity contribution is 5.77. The van der Waals surface area contributed by atoms with Crippen LogP contribution in [0.1, 0.15) is 50.8 Å². The molecule has 0 bridgehead atoms. The number of nitrogens with zero attached hydrogens (tertiary/aromatic N) is 3. The smallest absolute Gasteiger partial charge is 0.235 e. The van der Waals surface area contributed by atoms with Crippen molar-refractivity contribution in [3.8, 4) is 11.4 Å². The first kappa shape index (κ1) is 17.9. The fourth-order valence-corrected chi connectivity index (χ4v) is 5.27. The SMILES string of the molecule is O=C(CCC1CCCO1)N1C[C@H]2CCC[C@@]2(c2nc(-c3ccccc3)no2)C1. The lowest BCUT2D eigenvalue weighted by Gasteiger charge is -2.24. The van der Waals surface area contributed by atoms with Gasteiger partial charge < -0.3 is 14.2 Å². The fraction of sp³-hybridized carbons (Fsp3) is 0.591. The van der Waals surface area contributed by atoms with Crippen molar-refractivity contribution in [2.45, 2.75) is 56.5 Å². The molecule has 3 aliphatic rings. The van der Waals surface area contributed by atoms with E-state index in [-0.39, 0.29) is 17.4 Å². The molecule has 2 aliphatic heterocycles. The molecule has 6 nitrogen and oxygen atoms in total. The van der Waals surface area contributed by atoms with Crippen LogP contribution >= 0.6 is 0 Å². The minimum absolute atomic E-state index is 0.167. The van der Waals surface area contributed by atoms with E-state index in [0.717, 1.165) is 57.2 Å². The third-order valence-electron chi connectivity index (χ3n) is 6.81. The number of carbonyl (C=O) groups excluding carboxylic acids is 1. The second-order valence-electron chi connectivity index (χ2n) is 8.48. The van der Waals surface area contributed by atoms with E-state index in [4.69, 9.17) is 14.2 Å². The number of likely N-dealkylation sites (tertiary alicyclic amines) is 1. The summed E-state index contributed by atoms with van der Waals surface area (Å²) in [6.07, 6.45) is 7.19. The van der Waals surface area contributed by atoms with Crippen molar-refractivity contribution < 1.29 is 14.1 Å². The Morgan fingerprint density at radius 1 is 1.21 bits per heavy atom.